The Kier molecular flexibility index (Phi) is 6.91. The van der Waals surface area contributed by atoms with E-state index in [-0.39, 0.29) is 9.92 Å². The van der Waals surface area contributed by atoms with Crippen LogP contribution in [0.2, 0.25) is 5.02 Å². The minimum atomic E-state index is -4.15. The van der Waals surface area contributed by atoms with E-state index in [0.717, 1.165) is 12.1 Å². The zero-order valence-corrected chi connectivity index (χ0v) is 16.3. The van der Waals surface area contributed by atoms with Gasteiger partial charge in [-0.25, -0.2) is 21.6 Å². The average Bonchev–Trinajstić information content (AvgIpc) is 2.63. The highest BCUT2D eigenvalue weighted by molar-refractivity contribution is 7.89. The molecule has 2 aromatic carbocycles. The van der Waals surface area contributed by atoms with Gasteiger partial charge in [0.1, 0.15) is 5.75 Å². The summed E-state index contributed by atoms with van der Waals surface area (Å²) < 4.78 is 71.9. The van der Waals surface area contributed by atoms with Crippen molar-refractivity contribution >= 4 is 33.2 Å². The summed E-state index contributed by atoms with van der Waals surface area (Å²) in [5.74, 6) is -5.46. The third-order valence-corrected chi connectivity index (χ3v) is 5.37. The van der Waals surface area contributed by atoms with Crippen molar-refractivity contribution < 1.29 is 31.1 Å². The summed E-state index contributed by atoms with van der Waals surface area (Å²) in [6, 6.07) is 3.84. The molecule has 11 heteroatoms. The van der Waals surface area contributed by atoms with Gasteiger partial charge in [-0.15, -0.1) is 0 Å². The Morgan fingerprint density at radius 1 is 1.18 bits per heavy atom. The first kappa shape index (κ1) is 22.0. The molecule has 0 saturated carbocycles. The van der Waals surface area contributed by atoms with Crippen LogP contribution in [-0.4, -0.2) is 27.0 Å². The van der Waals surface area contributed by atoms with Gasteiger partial charge in [0.2, 0.25) is 15.9 Å². The molecule has 2 N–H and O–H groups in total. The van der Waals surface area contributed by atoms with Gasteiger partial charge < -0.3 is 10.1 Å². The Morgan fingerprint density at radius 2 is 1.86 bits per heavy atom. The SMILES string of the molecule is CCOc1ccc(S(=O)(=O)N[C@H](C)C(=O)Nc2ccc(F)c(F)c2F)cc1Cl. The van der Waals surface area contributed by atoms with Crippen LogP contribution in [0.4, 0.5) is 18.9 Å². The van der Waals surface area contributed by atoms with Gasteiger partial charge in [-0.05, 0) is 44.2 Å². The van der Waals surface area contributed by atoms with Gasteiger partial charge in [0.25, 0.3) is 0 Å². The lowest BCUT2D eigenvalue weighted by Crippen LogP contribution is -2.41. The summed E-state index contributed by atoms with van der Waals surface area (Å²) in [5.41, 5.74) is -0.626. The van der Waals surface area contributed by atoms with Crippen molar-refractivity contribution in [3.63, 3.8) is 0 Å². The molecule has 2 aromatic rings. The van der Waals surface area contributed by atoms with Crippen LogP contribution in [0.25, 0.3) is 0 Å². The predicted octanol–water partition coefficient (Wildman–Crippen LogP) is 3.46. The van der Waals surface area contributed by atoms with Crippen LogP contribution in [0, 0.1) is 17.5 Å². The smallest absolute Gasteiger partial charge is 0.242 e. The number of carbonyl (C=O) groups excluding carboxylic acids is 1. The van der Waals surface area contributed by atoms with Crippen molar-refractivity contribution in [2.75, 3.05) is 11.9 Å². The van der Waals surface area contributed by atoms with Crippen molar-refractivity contribution in [1.82, 2.24) is 4.72 Å². The molecule has 0 heterocycles. The number of benzene rings is 2. The van der Waals surface area contributed by atoms with E-state index in [0.29, 0.717) is 18.4 Å². The number of hydrogen-bond acceptors (Lipinski definition) is 4. The zero-order valence-electron chi connectivity index (χ0n) is 14.7. The Morgan fingerprint density at radius 3 is 2.46 bits per heavy atom. The molecule has 0 unspecified atom stereocenters. The summed E-state index contributed by atoms with van der Waals surface area (Å²) in [5, 5.41) is 2.06. The van der Waals surface area contributed by atoms with E-state index in [1.807, 2.05) is 5.32 Å². The quantitative estimate of drug-likeness (QED) is 0.651. The van der Waals surface area contributed by atoms with Crippen LogP contribution in [0.5, 0.6) is 5.75 Å². The van der Waals surface area contributed by atoms with Crippen LogP contribution in [0.3, 0.4) is 0 Å². The average molecular weight is 437 g/mol. The maximum absolute atomic E-state index is 13.6. The molecule has 1 amide bonds. The van der Waals surface area contributed by atoms with Crippen molar-refractivity contribution in [3.05, 3.63) is 52.8 Å². The van der Waals surface area contributed by atoms with E-state index in [1.165, 1.54) is 19.1 Å². The Labute approximate surface area is 164 Å². The molecule has 0 aromatic heterocycles. The van der Waals surface area contributed by atoms with E-state index in [2.05, 4.69) is 4.72 Å². The molecule has 28 heavy (non-hydrogen) atoms. The maximum atomic E-state index is 13.6. The predicted molar refractivity (Wildman–Crippen MR) is 97.4 cm³/mol. The number of anilines is 1. The summed E-state index contributed by atoms with van der Waals surface area (Å²) in [6.07, 6.45) is 0. The van der Waals surface area contributed by atoms with Gasteiger partial charge in [0.05, 0.1) is 28.3 Å². The van der Waals surface area contributed by atoms with Crippen LogP contribution >= 0.6 is 11.6 Å². The molecule has 0 aliphatic carbocycles. The standard InChI is InChI=1S/C17H16ClF3N2O4S/c1-3-27-14-7-4-10(8-11(14)18)28(25,26)23-9(2)17(24)22-13-6-5-12(19)15(20)16(13)21/h4-9,23H,3H2,1-2H3,(H,22,24)/t9-/m1/s1. The van der Waals surface area contributed by atoms with Crippen molar-refractivity contribution in [1.29, 1.82) is 0 Å². The molecule has 0 spiro atoms. The Hall–Kier alpha value is -2.30. The molecular weight excluding hydrogens is 421 g/mol. The molecule has 0 aliphatic rings. The third kappa shape index (κ3) is 4.94. The molecule has 0 saturated heterocycles. The zero-order chi connectivity index (χ0) is 21.1. The minimum Gasteiger partial charge on any atom is -0.492 e. The third-order valence-electron chi connectivity index (χ3n) is 3.53. The van der Waals surface area contributed by atoms with E-state index in [9.17, 15) is 26.4 Å². The number of ether oxygens (including phenoxy) is 1. The van der Waals surface area contributed by atoms with Gasteiger partial charge >= 0.3 is 0 Å². The van der Waals surface area contributed by atoms with Gasteiger partial charge in [-0.3, -0.25) is 4.79 Å². The second-order valence-corrected chi connectivity index (χ2v) is 7.70. The van der Waals surface area contributed by atoms with Crippen LogP contribution in [0.1, 0.15) is 13.8 Å². The second-order valence-electron chi connectivity index (χ2n) is 5.58. The minimum absolute atomic E-state index is 0.0608. The summed E-state index contributed by atoms with van der Waals surface area (Å²) >= 11 is 5.96. The van der Waals surface area contributed by atoms with E-state index in [4.69, 9.17) is 16.3 Å². The highest BCUT2D eigenvalue weighted by Crippen LogP contribution is 2.27. The lowest BCUT2D eigenvalue weighted by atomic mass is 10.2. The molecule has 0 radical (unpaired) electrons. The summed E-state index contributed by atoms with van der Waals surface area (Å²) in [7, 11) is -4.15. The fourth-order valence-electron chi connectivity index (χ4n) is 2.14. The Bertz CT molecular complexity index is 1000. The van der Waals surface area contributed by atoms with Gasteiger partial charge in [-0.1, -0.05) is 11.6 Å². The molecule has 0 fully saturated rings. The maximum Gasteiger partial charge on any atom is 0.242 e. The van der Waals surface area contributed by atoms with Gasteiger partial charge in [-0.2, -0.15) is 4.72 Å². The molecule has 0 bridgehead atoms. The number of rotatable bonds is 7. The number of amides is 1. The fraction of sp³-hybridized carbons (Fsp3) is 0.235. The monoisotopic (exact) mass is 436 g/mol. The van der Waals surface area contributed by atoms with Gasteiger partial charge in [0.15, 0.2) is 17.5 Å². The first-order valence-electron chi connectivity index (χ1n) is 7.95. The highest BCUT2D eigenvalue weighted by atomic mass is 35.5. The molecule has 0 aliphatic heterocycles. The second kappa shape index (κ2) is 8.80. The van der Waals surface area contributed by atoms with E-state index < -0.39 is 45.1 Å². The molecule has 2 rings (SSSR count). The molecule has 1 atom stereocenters. The van der Waals surface area contributed by atoms with Crippen molar-refractivity contribution in [2.24, 2.45) is 0 Å². The van der Waals surface area contributed by atoms with E-state index >= 15 is 0 Å². The lowest BCUT2D eigenvalue weighted by molar-refractivity contribution is -0.117. The largest absolute Gasteiger partial charge is 0.492 e. The number of nitrogens with one attached hydrogen (secondary N) is 2. The summed E-state index contributed by atoms with van der Waals surface area (Å²) in [4.78, 5) is 11.9. The number of carbonyl (C=O) groups is 1. The van der Waals surface area contributed by atoms with Crippen molar-refractivity contribution in [3.8, 4) is 5.75 Å². The number of sulfonamides is 1. The topological polar surface area (TPSA) is 84.5 Å². The highest BCUT2D eigenvalue weighted by Gasteiger charge is 2.24. The van der Waals surface area contributed by atoms with Gasteiger partial charge in [0, 0.05) is 0 Å². The Balaban J connectivity index is 2.14. The summed E-state index contributed by atoms with van der Waals surface area (Å²) in [6.45, 7) is 3.27. The van der Waals surface area contributed by atoms with Crippen molar-refractivity contribution in [2.45, 2.75) is 24.8 Å². The van der Waals surface area contributed by atoms with Crippen LogP contribution in [0.15, 0.2) is 35.2 Å². The number of hydrogen-bond donors (Lipinski definition) is 2. The van der Waals surface area contributed by atoms with E-state index in [1.54, 1.807) is 6.92 Å². The normalized spacial score (nSPS) is 12.5. The van der Waals surface area contributed by atoms with Crippen LogP contribution < -0.4 is 14.8 Å². The lowest BCUT2D eigenvalue weighted by Gasteiger charge is -2.15. The first-order valence-corrected chi connectivity index (χ1v) is 9.82. The molecule has 152 valence electrons. The fourth-order valence-corrected chi connectivity index (χ4v) is 3.67. The van der Waals surface area contributed by atoms with Crippen LogP contribution in [-0.2, 0) is 14.8 Å². The molecular formula is C17H16ClF3N2O4S. The first-order chi connectivity index (χ1) is 13.1. The molecule has 6 nitrogen and oxygen atoms in total. The number of halogens is 4.